The fourth-order valence-electron chi connectivity index (χ4n) is 2.46. The molecule has 21 heavy (non-hydrogen) atoms. The predicted octanol–water partition coefficient (Wildman–Crippen LogP) is 2.93. The molecule has 1 aromatic carbocycles. The van der Waals surface area contributed by atoms with Gasteiger partial charge in [-0.05, 0) is 57.0 Å². The highest BCUT2D eigenvalue weighted by atomic mass is 127. The Balaban J connectivity index is 0.00000220. The first kappa shape index (κ1) is 18.2. The fraction of sp³-hybridized carbons (Fsp3) is 0.562. The fourth-order valence-corrected chi connectivity index (χ4v) is 2.46. The molecule has 1 unspecified atom stereocenters. The highest BCUT2D eigenvalue weighted by Crippen LogP contribution is 2.34. The molecular formula is C16H27IN4. The number of benzene rings is 1. The lowest BCUT2D eigenvalue weighted by atomic mass is 10.1. The van der Waals surface area contributed by atoms with Crippen LogP contribution in [0.1, 0.15) is 25.3 Å². The number of hydrogen-bond acceptors (Lipinski definition) is 2. The maximum absolute atomic E-state index is 5.99. The number of nitrogens with two attached hydrogens (primary N) is 1. The molecule has 118 valence electrons. The SMILES string of the molecule is CCc1cccc(NC(N)=NCC(C2CC2)N(C)C)c1.I. The summed E-state index contributed by atoms with van der Waals surface area (Å²) in [6.07, 6.45) is 3.67. The minimum Gasteiger partial charge on any atom is -0.370 e. The molecule has 0 bridgehead atoms. The van der Waals surface area contributed by atoms with Crippen LogP contribution in [-0.4, -0.2) is 37.5 Å². The number of nitrogens with zero attached hydrogens (tertiary/aromatic N) is 2. The van der Waals surface area contributed by atoms with Gasteiger partial charge in [-0.1, -0.05) is 19.1 Å². The number of guanidine groups is 1. The molecule has 1 atom stereocenters. The zero-order chi connectivity index (χ0) is 14.5. The molecule has 1 aromatic rings. The van der Waals surface area contributed by atoms with Gasteiger partial charge in [-0.2, -0.15) is 0 Å². The number of halogens is 1. The normalized spacial score (nSPS) is 16.5. The molecule has 2 rings (SSSR count). The van der Waals surface area contributed by atoms with Crippen molar-refractivity contribution in [2.75, 3.05) is 26.0 Å². The van der Waals surface area contributed by atoms with Crippen molar-refractivity contribution in [1.29, 1.82) is 0 Å². The second-order valence-corrected chi connectivity index (χ2v) is 5.77. The summed E-state index contributed by atoms with van der Waals surface area (Å²) >= 11 is 0. The molecule has 3 N–H and O–H groups in total. The summed E-state index contributed by atoms with van der Waals surface area (Å²) in [6, 6.07) is 8.81. The van der Waals surface area contributed by atoms with Crippen molar-refractivity contribution in [3.8, 4) is 0 Å². The zero-order valence-corrected chi connectivity index (χ0v) is 15.5. The van der Waals surface area contributed by atoms with Crippen LogP contribution in [0.3, 0.4) is 0 Å². The topological polar surface area (TPSA) is 53.6 Å². The lowest BCUT2D eigenvalue weighted by Crippen LogP contribution is -2.34. The molecular weight excluding hydrogens is 375 g/mol. The quantitative estimate of drug-likeness (QED) is 0.437. The first-order valence-corrected chi connectivity index (χ1v) is 7.42. The number of aliphatic imine (C=N–C) groups is 1. The van der Waals surface area contributed by atoms with E-state index in [4.69, 9.17) is 5.73 Å². The van der Waals surface area contributed by atoms with E-state index in [1.807, 2.05) is 12.1 Å². The Hall–Kier alpha value is -0.820. The van der Waals surface area contributed by atoms with E-state index in [0.717, 1.165) is 24.6 Å². The van der Waals surface area contributed by atoms with Gasteiger partial charge in [-0.25, -0.2) is 0 Å². The minimum absolute atomic E-state index is 0. The molecule has 1 aliphatic carbocycles. The van der Waals surface area contributed by atoms with Crippen molar-refractivity contribution >= 4 is 35.6 Å². The number of anilines is 1. The smallest absolute Gasteiger partial charge is 0.193 e. The van der Waals surface area contributed by atoms with Gasteiger partial charge in [-0.3, -0.25) is 4.99 Å². The maximum atomic E-state index is 5.99. The first-order chi connectivity index (χ1) is 9.60. The van der Waals surface area contributed by atoms with Crippen molar-refractivity contribution in [2.45, 2.75) is 32.2 Å². The van der Waals surface area contributed by atoms with E-state index in [0.29, 0.717) is 12.0 Å². The molecule has 1 aliphatic rings. The van der Waals surface area contributed by atoms with Gasteiger partial charge in [0.15, 0.2) is 5.96 Å². The van der Waals surface area contributed by atoms with E-state index in [9.17, 15) is 0 Å². The largest absolute Gasteiger partial charge is 0.370 e. The number of nitrogens with one attached hydrogen (secondary N) is 1. The molecule has 0 amide bonds. The van der Waals surface area contributed by atoms with Gasteiger partial charge in [0, 0.05) is 11.7 Å². The molecule has 1 saturated carbocycles. The van der Waals surface area contributed by atoms with Crippen LogP contribution in [-0.2, 0) is 6.42 Å². The Kier molecular flexibility index (Phi) is 7.45. The van der Waals surface area contributed by atoms with Crippen LogP contribution in [0, 0.1) is 5.92 Å². The van der Waals surface area contributed by atoms with Crippen molar-refractivity contribution in [2.24, 2.45) is 16.6 Å². The van der Waals surface area contributed by atoms with Gasteiger partial charge in [0.05, 0.1) is 6.54 Å². The summed E-state index contributed by atoms with van der Waals surface area (Å²) in [5.74, 6) is 1.30. The molecule has 0 aromatic heterocycles. The van der Waals surface area contributed by atoms with E-state index >= 15 is 0 Å². The summed E-state index contributed by atoms with van der Waals surface area (Å²) in [6.45, 7) is 2.91. The van der Waals surface area contributed by atoms with Gasteiger partial charge in [-0.15, -0.1) is 24.0 Å². The zero-order valence-electron chi connectivity index (χ0n) is 13.2. The van der Waals surface area contributed by atoms with Crippen LogP contribution in [0.2, 0.25) is 0 Å². The molecule has 1 fully saturated rings. The number of rotatable bonds is 6. The van der Waals surface area contributed by atoms with Gasteiger partial charge < -0.3 is 16.0 Å². The van der Waals surface area contributed by atoms with E-state index in [1.165, 1.54) is 18.4 Å². The van der Waals surface area contributed by atoms with Gasteiger partial charge in [0.25, 0.3) is 0 Å². The van der Waals surface area contributed by atoms with Crippen LogP contribution >= 0.6 is 24.0 Å². The average Bonchev–Trinajstić information content (AvgIpc) is 3.23. The molecule has 0 radical (unpaired) electrons. The Morgan fingerprint density at radius 1 is 1.43 bits per heavy atom. The van der Waals surface area contributed by atoms with E-state index in [2.05, 4.69) is 48.4 Å². The molecule has 0 heterocycles. The standard InChI is InChI=1S/C16H26N4.HI/c1-4-12-6-5-7-14(10-12)19-16(17)18-11-15(20(2)3)13-8-9-13;/h5-7,10,13,15H,4,8-9,11H2,1-3H3,(H3,17,18,19);1H. The monoisotopic (exact) mass is 402 g/mol. The van der Waals surface area contributed by atoms with Gasteiger partial charge in [0.2, 0.25) is 0 Å². The van der Waals surface area contributed by atoms with Crippen LogP contribution in [0.25, 0.3) is 0 Å². The van der Waals surface area contributed by atoms with Crippen LogP contribution in [0.5, 0.6) is 0 Å². The summed E-state index contributed by atoms with van der Waals surface area (Å²) in [5.41, 5.74) is 8.30. The van der Waals surface area contributed by atoms with Crippen molar-refractivity contribution < 1.29 is 0 Å². The van der Waals surface area contributed by atoms with Gasteiger partial charge in [0.1, 0.15) is 0 Å². The predicted molar refractivity (Wildman–Crippen MR) is 102 cm³/mol. The Morgan fingerprint density at radius 2 is 2.14 bits per heavy atom. The van der Waals surface area contributed by atoms with Crippen molar-refractivity contribution in [1.82, 2.24) is 4.90 Å². The van der Waals surface area contributed by atoms with Crippen LogP contribution in [0.15, 0.2) is 29.3 Å². The molecule has 4 nitrogen and oxygen atoms in total. The second-order valence-electron chi connectivity index (χ2n) is 5.77. The summed E-state index contributed by atoms with van der Waals surface area (Å²) < 4.78 is 0. The maximum Gasteiger partial charge on any atom is 0.193 e. The third kappa shape index (κ3) is 5.82. The summed E-state index contributed by atoms with van der Waals surface area (Å²) in [5, 5.41) is 3.18. The number of hydrogen-bond donors (Lipinski definition) is 2. The molecule has 0 aliphatic heterocycles. The molecule has 0 saturated heterocycles. The first-order valence-electron chi connectivity index (χ1n) is 7.42. The number of likely N-dealkylation sites (N-methyl/N-ethyl adjacent to an activating group) is 1. The average molecular weight is 402 g/mol. The lowest BCUT2D eigenvalue weighted by Gasteiger charge is -2.22. The van der Waals surface area contributed by atoms with Crippen molar-refractivity contribution in [3.05, 3.63) is 29.8 Å². The van der Waals surface area contributed by atoms with E-state index < -0.39 is 0 Å². The Bertz CT molecular complexity index is 467. The number of aryl methyl sites for hydroxylation is 1. The van der Waals surface area contributed by atoms with Crippen molar-refractivity contribution in [3.63, 3.8) is 0 Å². The highest BCUT2D eigenvalue weighted by Gasteiger charge is 2.32. The molecule has 5 heteroatoms. The summed E-state index contributed by atoms with van der Waals surface area (Å²) in [4.78, 5) is 6.76. The lowest BCUT2D eigenvalue weighted by molar-refractivity contribution is 0.271. The van der Waals surface area contributed by atoms with E-state index in [-0.39, 0.29) is 24.0 Å². The third-order valence-electron chi connectivity index (χ3n) is 3.89. The van der Waals surface area contributed by atoms with E-state index in [1.54, 1.807) is 0 Å². The van der Waals surface area contributed by atoms with Crippen LogP contribution < -0.4 is 11.1 Å². The summed E-state index contributed by atoms with van der Waals surface area (Å²) in [7, 11) is 4.24. The van der Waals surface area contributed by atoms with Crippen LogP contribution in [0.4, 0.5) is 5.69 Å². The van der Waals surface area contributed by atoms with Gasteiger partial charge >= 0.3 is 0 Å². The Morgan fingerprint density at radius 3 is 2.71 bits per heavy atom. The Labute approximate surface area is 145 Å². The molecule has 0 spiro atoms. The third-order valence-corrected chi connectivity index (χ3v) is 3.89. The second kappa shape index (κ2) is 8.58. The highest BCUT2D eigenvalue weighted by molar-refractivity contribution is 14.0. The minimum atomic E-state index is 0.